The van der Waals surface area contributed by atoms with Crippen LogP contribution in [0.1, 0.15) is 18.3 Å². The van der Waals surface area contributed by atoms with Crippen LogP contribution in [0.25, 0.3) is 5.69 Å². The van der Waals surface area contributed by atoms with Gasteiger partial charge < -0.3 is 0 Å². The van der Waals surface area contributed by atoms with Crippen LogP contribution >= 0.6 is 15.9 Å². The van der Waals surface area contributed by atoms with E-state index in [2.05, 4.69) is 37.5 Å². The number of tetrazole rings is 1. The van der Waals surface area contributed by atoms with E-state index in [1.807, 2.05) is 26.0 Å². The van der Waals surface area contributed by atoms with Gasteiger partial charge in [0.05, 0.1) is 5.69 Å². The standard InChI is InChI=1S/C10H11BrN4/c1-3-10-12-13-14-15(10)8-4-5-9(11)7(2)6-8/h4-6H,3H2,1-2H3. The van der Waals surface area contributed by atoms with E-state index < -0.39 is 0 Å². The molecule has 0 atom stereocenters. The van der Waals surface area contributed by atoms with E-state index in [4.69, 9.17) is 0 Å². The Morgan fingerprint density at radius 3 is 2.87 bits per heavy atom. The van der Waals surface area contributed by atoms with E-state index >= 15 is 0 Å². The number of rotatable bonds is 2. The molecule has 4 nitrogen and oxygen atoms in total. The van der Waals surface area contributed by atoms with Crippen molar-refractivity contribution >= 4 is 15.9 Å². The molecule has 0 aliphatic heterocycles. The number of benzene rings is 1. The Morgan fingerprint density at radius 1 is 1.40 bits per heavy atom. The maximum Gasteiger partial charge on any atom is 0.156 e. The number of hydrogen-bond donors (Lipinski definition) is 0. The van der Waals surface area contributed by atoms with E-state index in [-0.39, 0.29) is 0 Å². The molecule has 5 heteroatoms. The molecule has 1 heterocycles. The molecular weight excluding hydrogens is 256 g/mol. The molecule has 1 aromatic heterocycles. The molecule has 0 fully saturated rings. The molecule has 0 spiro atoms. The Kier molecular flexibility index (Phi) is 2.81. The highest BCUT2D eigenvalue weighted by Gasteiger charge is 2.06. The fourth-order valence-corrected chi connectivity index (χ4v) is 1.63. The summed E-state index contributed by atoms with van der Waals surface area (Å²) in [6.45, 7) is 4.08. The van der Waals surface area contributed by atoms with Crippen molar-refractivity contribution in [1.82, 2.24) is 20.2 Å². The van der Waals surface area contributed by atoms with Gasteiger partial charge in [-0.3, -0.25) is 0 Å². The van der Waals surface area contributed by atoms with E-state index in [1.54, 1.807) is 4.68 Å². The minimum absolute atomic E-state index is 0.822. The van der Waals surface area contributed by atoms with Crippen LogP contribution in [0.3, 0.4) is 0 Å². The molecule has 0 unspecified atom stereocenters. The third-order valence-corrected chi connectivity index (χ3v) is 3.13. The van der Waals surface area contributed by atoms with Gasteiger partial charge in [-0.05, 0) is 41.1 Å². The van der Waals surface area contributed by atoms with Crippen LogP contribution in [-0.2, 0) is 6.42 Å². The molecule has 0 aliphatic rings. The second kappa shape index (κ2) is 4.10. The van der Waals surface area contributed by atoms with Gasteiger partial charge in [0.1, 0.15) is 0 Å². The summed E-state index contributed by atoms with van der Waals surface area (Å²) >= 11 is 3.47. The van der Waals surface area contributed by atoms with E-state index in [1.165, 1.54) is 5.56 Å². The molecular formula is C10H11BrN4. The molecule has 0 saturated heterocycles. The Labute approximate surface area is 96.4 Å². The summed E-state index contributed by atoms with van der Waals surface area (Å²) < 4.78 is 2.86. The highest BCUT2D eigenvalue weighted by molar-refractivity contribution is 9.10. The second-order valence-electron chi connectivity index (χ2n) is 3.29. The predicted octanol–water partition coefficient (Wildman–Crippen LogP) is 2.30. The molecule has 15 heavy (non-hydrogen) atoms. The molecule has 1 aromatic carbocycles. The average Bonchev–Trinajstić information content (AvgIpc) is 2.70. The second-order valence-corrected chi connectivity index (χ2v) is 4.15. The van der Waals surface area contributed by atoms with E-state index in [0.29, 0.717) is 0 Å². The molecule has 78 valence electrons. The number of halogens is 1. The van der Waals surface area contributed by atoms with Crippen LogP contribution in [0.2, 0.25) is 0 Å². The van der Waals surface area contributed by atoms with E-state index in [9.17, 15) is 0 Å². The SMILES string of the molecule is CCc1nnnn1-c1ccc(Br)c(C)c1. The minimum atomic E-state index is 0.822. The first kappa shape index (κ1) is 10.3. The highest BCUT2D eigenvalue weighted by Crippen LogP contribution is 2.19. The summed E-state index contributed by atoms with van der Waals surface area (Å²) in [7, 11) is 0. The van der Waals surface area contributed by atoms with Crippen LogP contribution in [-0.4, -0.2) is 20.2 Å². The first-order valence-electron chi connectivity index (χ1n) is 4.76. The molecule has 0 N–H and O–H groups in total. The smallest absolute Gasteiger partial charge is 0.156 e. The zero-order chi connectivity index (χ0) is 10.8. The zero-order valence-electron chi connectivity index (χ0n) is 8.61. The fraction of sp³-hybridized carbons (Fsp3) is 0.300. The van der Waals surface area contributed by atoms with Gasteiger partial charge in [-0.25, -0.2) is 0 Å². The van der Waals surface area contributed by atoms with Crippen LogP contribution in [0, 0.1) is 6.92 Å². The third kappa shape index (κ3) is 1.92. The maximum atomic E-state index is 3.97. The molecule has 2 aromatic rings. The zero-order valence-corrected chi connectivity index (χ0v) is 10.2. The quantitative estimate of drug-likeness (QED) is 0.838. The Morgan fingerprint density at radius 2 is 2.20 bits per heavy atom. The van der Waals surface area contributed by atoms with Crippen LogP contribution < -0.4 is 0 Å². The Balaban J connectivity index is 2.50. The van der Waals surface area contributed by atoms with Crippen molar-refractivity contribution in [2.75, 3.05) is 0 Å². The lowest BCUT2D eigenvalue weighted by molar-refractivity contribution is 0.765. The number of aromatic nitrogens is 4. The van der Waals surface area contributed by atoms with Gasteiger partial charge in [0, 0.05) is 10.9 Å². The summed E-state index contributed by atoms with van der Waals surface area (Å²) in [4.78, 5) is 0. The summed E-state index contributed by atoms with van der Waals surface area (Å²) in [5, 5.41) is 11.6. The summed E-state index contributed by atoms with van der Waals surface area (Å²) in [5.41, 5.74) is 2.17. The third-order valence-electron chi connectivity index (χ3n) is 2.24. The molecule has 0 bridgehead atoms. The van der Waals surface area contributed by atoms with Crippen molar-refractivity contribution in [2.45, 2.75) is 20.3 Å². The van der Waals surface area contributed by atoms with Crippen molar-refractivity contribution in [3.63, 3.8) is 0 Å². The van der Waals surface area contributed by atoms with Crippen molar-refractivity contribution in [2.24, 2.45) is 0 Å². The van der Waals surface area contributed by atoms with Crippen molar-refractivity contribution in [3.05, 3.63) is 34.1 Å². The fourth-order valence-electron chi connectivity index (χ4n) is 1.39. The van der Waals surface area contributed by atoms with Crippen LogP contribution in [0.4, 0.5) is 0 Å². The lowest BCUT2D eigenvalue weighted by Crippen LogP contribution is -2.02. The monoisotopic (exact) mass is 266 g/mol. The number of hydrogen-bond acceptors (Lipinski definition) is 3. The Bertz CT molecular complexity index is 478. The first-order valence-corrected chi connectivity index (χ1v) is 5.55. The van der Waals surface area contributed by atoms with Gasteiger partial charge in [-0.15, -0.1) is 5.10 Å². The predicted molar refractivity (Wildman–Crippen MR) is 61.0 cm³/mol. The first-order chi connectivity index (χ1) is 7.22. The largest absolute Gasteiger partial charge is 0.197 e. The normalized spacial score (nSPS) is 10.6. The molecule has 0 saturated carbocycles. The summed E-state index contributed by atoms with van der Waals surface area (Å²) in [6, 6.07) is 6.05. The van der Waals surface area contributed by atoms with Crippen LogP contribution in [0.15, 0.2) is 22.7 Å². The molecule has 0 radical (unpaired) electrons. The van der Waals surface area contributed by atoms with Gasteiger partial charge in [-0.1, -0.05) is 22.9 Å². The molecule has 0 amide bonds. The highest BCUT2D eigenvalue weighted by atomic mass is 79.9. The number of aryl methyl sites for hydroxylation is 2. The molecule has 2 rings (SSSR count). The van der Waals surface area contributed by atoms with Crippen molar-refractivity contribution < 1.29 is 0 Å². The van der Waals surface area contributed by atoms with Gasteiger partial charge in [0.2, 0.25) is 0 Å². The lowest BCUT2D eigenvalue weighted by atomic mass is 10.2. The topological polar surface area (TPSA) is 43.6 Å². The van der Waals surface area contributed by atoms with E-state index in [0.717, 1.165) is 22.4 Å². The number of nitrogens with zero attached hydrogens (tertiary/aromatic N) is 4. The molecule has 0 aliphatic carbocycles. The van der Waals surface area contributed by atoms with Gasteiger partial charge in [0.25, 0.3) is 0 Å². The lowest BCUT2D eigenvalue weighted by Gasteiger charge is -2.05. The summed E-state index contributed by atoms with van der Waals surface area (Å²) in [5.74, 6) is 0.872. The van der Waals surface area contributed by atoms with Gasteiger partial charge in [-0.2, -0.15) is 4.68 Å². The minimum Gasteiger partial charge on any atom is -0.197 e. The van der Waals surface area contributed by atoms with Gasteiger partial charge >= 0.3 is 0 Å². The summed E-state index contributed by atoms with van der Waals surface area (Å²) in [6.07, 6.45) is 0.822. The maximum absolute atomic E-state index is 3.97. The van der Waals surface area contributed by atoms with Crippen molar-refractivity contribution in [1.29, 1.82) is 0 Å². The van der Waals surface area contributed by atoms with Crippen molar-refractivity contribution in [3.8, 4) is 5.69 Å². The van der Waals surface area contributed by atoms with Crippen LogP contribution in [0.5, 0.6) is 0 Å². The Hall–Kier alpha value is -1.23. The van der Waals surface area contributed by atoms with Gasteiger partial charge in [0.15, 0.2) is 5.82 Å². The average molecular weight is 267 g/mol.